The molecule has 1 atom stereocenters. The minimum Gasteiger partial charge on any atom is -0.391 e. The minimum atomic E-state index is -4.47. The zero-order valence-corrected chi connectivity index (χ0v) is 11.4. The first-order chi connectivity index (χ1) is 8.79. The highest BCUT2D eigenvalue weighted by molar-refractivity contribution is 7.88. The van der Waals surface area contributed by atoms with E-state index >= 15 is 0 Å². The fourth-order valence-electron chi connectivity index (χ4n) is 1.97. The van der Waals surface area contributed by atoms with Crippen molar-refractivity contribution in [3.05, 3.63) is 16.2 Å². The van der Waals surface area contributed by atoms with Crippen molar-refractivity contribution in [2.45, 2.75) is 23.2 Å². The van der Waals surface area contributed by atoms with Crippen molar-refractivity contribution in [2.24, 2.45) is 0 Å². The molecule has 106 valence electrons. The van der Waals surface area contributed by atoms with Crippen LogP contribution in [0.2, 0.25) is 0 Å². The van der Waals surface area contributed by atoms with Crippen LogP contribution in [0.4, 0.5) is 10.7 Å². The summed E-state index contributed by atoms with van der Waals surface area (Å²) < 4.78 is 30.6. The molecule has 0 amide bonds. The number of piperidine rings is 1. The highest BCUT2D eigenvalue weighted by Gasteiger charge is 2.30. The Kier molecular flexibility index (Phi) is 3.76. The molecular weight excluding hydrogens is 296 g/mol. The van der Waals surface area contributed by atoms with E-state index in [2.05, 4.69) is 0 Å². The molecule has 1 aromatic heterocycles. The second-order valence-corrected chi connectivity index (χ2v) is 6.91. The van der Waals surface area contributed by atoms with Gasteiger partial charge >= 0.3 is 15.8 Å². The largest absolute Gasteiger partial charge is 0.391 e. The number of hydrogen-bond acceptors (Lipinski definition) is 7. The number of β-amino-alcohol motifs (C(OH)–C–C–N with tert-alkyl or cyclic N) is 1. The number of nitro groups is 1. The normalized spacial score (nSPS) is 20.5. The summed E-state index contributed by atoms with van der Waals surface area (Å²) in [6.45, 7) is 0.718. The summed E-state index contributed by atoms with van der Waals surface area (Å²) >= 11 is 0.639. The fraction of sp³-hybridized carbons (Fsp3) is 0.556. The van der Waals surface area contributed by atoms with Gasteiger partial charge in [-0.25, -0.2) is 0 Å². The van der Waals surface area contributed by atoms with Gasteiger partial charge in [0.05, 0.1) is 17.1 Å². The van der Waals surface area contributed by atoms with E-state index in [1.165, 1.54) is 0 Å². The molecule has 1 aromatic rings. The van der Waals surface area contributed by atoms with E-state index in [0.717, 1.165) is 6.07 Å². The number of hydrogen-bond donors (Lipinski definition) is 2. The van der Waals surface area contributed by atoms with Gasteiger partial charge in [0, 0.05) is 13.1 Å². The van der Waals surface area contributed by atoms with Crippen molar-refractivity contribution < 1.29 is 23.0 Å². The lowest BCUT2D eigenvalue weighted by molar-refractivity contribution is -0.383. The Bertz CT molecular complexity index is 596. The lowest BCUT2D eigenvalue weighted by Crippen LogP contribution is -2.38. The van der Waals surface area contributed by atoms with E-state index < -0.39 is 25.4 Å². The lowest BCUT2D eigenvalue weighted by atomic mass is 10.1. The van der Waals surface area contributed by atoms with Gasteiger partial charge in [0.25, 0.3) is 0 Å². The number of rotatable bonds is 3. The molecule has 0 spiro atoms. The Balaban J connectivity index is 2.43. The summed E-state index contributed by atoms with van der Waals surface area (Å²) in [5.74, 6) is 0. The average Bonchev–Trinajstić information content (AvgIpc) is 2.73. The number of aliphatic hydroxyl groups is 1. The molecular formula is C9H12N2O6S2. The van der Waals surface area contributed by atoms with Gasteiger partial charge in [-0.05, 0) is 12.8 Å². The summed E-state index contributed by atoms with van der Waals surface area (Å²) in [6, 6.07) is 0.844. The molecule has 1 saturated heterocycles. The van der Waals surface area contributed by atoms with Crippen LogP contribution >= 0.6 is 11.3 Å². The Labute approximate surface area is 113 Å². The Morgan fingerprint density at radius 3 is 2.74 bits per heavy atom. The third kappa shape index (κ3) is 3.03. The first-order valence-corrected chi connectivity index (χ1v) is 7.73. The van der Waals surface area contributed by atoms with Gasteiger partial charge in [0.1, 0.15) is 0 Å². The molecule has 1 fully saturated rings. The molecule has 0 aromatic carbocycles. The van der Waals surface area contributed by atoms with E-state index in [9.17, 15) is 23.6 Å². The van der Waals surface area contributed by atoms with E-state index in [-0.39, 0.29) is 17.2 Å². The maximum atomic E-state index is 11.0. The summed E-state index contributed by atoms with van der Waals surface area (Å²) in [5.41, 5.74) is -0.369. The first-order valence-electron chi connectivity index (χ1n) is 5.48. The third-order valence-electron chi connectivity index (χ3n) is 2.81. The predicted molar refractivity (Wildman–Crippen MR) is 68.2 cm³/mol. The third-order valence-corrected chi connectivity index (χ3v) is 5.29. The van der Waals surface area contributed by atoms with Gasteiger partial charge in [-0.3, -0.25) is 14.7 Å². The second-order valence-electron chi connectivity index (χ2n) is 4.23. The van der Waals surface area contributed by atoms with Crippen molar-refractivity contribution in [3.63, 3.8) is 0 Å². The zero-order valence-electron chi connectivity index (χ0n) is 9.72. The van der Waals surface area contributed by atoms with Crippen LogP contribution in [0, 0.1) is 10.1 Å². The molecule has 0 saturated carbocycles. The summed E-state index contributed by atoms with van der Waals surface area (Å²) in [6.07, 6.45) is 0.683. The van der Waals surface area contributed by atoms with Crippen molar-refractivity contribution in [1.29, 1.82) is 0 Å². The number of anilines is 1. The quantitative estimate of drug-likeness (QED) is 0.482. The Morgan fingerprint density at radius 1 is 1.53 bits per heavy atom. The monoisotopic (exact) mass is 308 g/mol. The van der Waals surface area contributed by atoms with E-state index in [0.29, 0.717) is 30.7 Å². The van der Waals surface area contributed by atoms with Crippen LogP contribution in [0.3, 0.4) is 0 Å². The SMILES string of the molecule is O=[N+]([O-])c1cc(S(=O)(=O)O)sc1N1CCCC(O)C1. The number of aliphatic hydroxyl groups excluding tert-OH is 1. The van der Waals surface area contributed by atoms with Crippen molar-refractivity contribution in [2.75, 3.05) is 18.0 Å². The van der Waals surface area contributed by atoms with Gasteiger partial charge in [0.2, 0.25) is 0 Å². The van der Waals surface area contributed by atoms with Crippen LogP contribution in [-0.2, 0) is 10.1 Å². The zero-order chi connectivity index (χ0) is 14.2. The number of thiophene rings is 1. The molecule has 0 bridgehead atoms. The summed E-state index contributed by atoms with van der Waals surface area (Å²) in [7, 11) is -4.47. The fourth-order valence-corrected chi connectivity index (χ4v) is 3.79. The van der Waals surface area contributed by atoms with Crippen LogP contribution in [0.5, 0.6) is 0 Å². The molecule has 2 heterocycles. The highest BCUT2D eigenvalue weighted by atomic mass is 32.3. The molecule has 0 radical (unpaired) electrons. The topological polar surface area (TPSA) is 121 Å². The van der Waals surface area contributed by atoms with Crippen molar-refractivity contribution >= 4 is 32.1 Å². The molecule has 1 aliphatic rings. The maximum absolute atomic E-state index is 11.0. The van der Waals surface area contributed by atoms with Crippen molar-refractivity contribution in [3.8, 4) is 0 Å². The Hall–Kier alpha value is -1.23. The molecule has 19 heavy (non-hydrogen) atoms. The molecule has 2 rings (SSSR count). The minimum absolute atomic E-state index is 0.149. The van der Waals surface area contributed by atoms with Crippen LogP contribution in [0.15, 0.2) is 10.3 Å². The molecule has 1 aliphatic heterocycles. The Morgan fingerprint density at radius 2 is 2.21 bits per heavy atom. The van der Waals surface area contributed by atoms with Crippen LogP contribution in [-0.4, -0.2) is 42.2 Å². The van der Waals surface area contributed by atoms with Crippen LogP contribution in [0.25, 0.3) is 0 Å². The van der Waals surface area contributed by atoms with Crippen molar-refractivity contribution in [1.82, 2.24) is 0 Å². The standard InChI is InChI=1S/C9H12N2O6S2/c12-6-2-1-3-10(5-6)9-7(11(13)14)4-8(18-9)19(15,16)17/h4,6,12H,1-3,5H2,(H,15,16,17). The molecule has 0 aliphatic carbocycles. The highest BCUT2D eigenvalue weighted by Crippen LogP contribution is 2.40. The van der Waals surface area contributed by atoms with Crippen LogP contribution < -0.4 is 4.90 Å². The lowest BCUT2D eigenvalue weighted by Gasteiger charge is -2.30. The van der Waals surface area contributed by atoms with Gasteiger partial charge < -0.3 is 10.0 Å². The summed E-state index contributed by atoms with van der Waals surface area (Å²) in [5, 5.41) is 20.6. The molecule has 1 unspecified atom stereocenters. The smallest absolute Gasteiger partial charge is 0.305 e. The predicted octanol–water partition coefficient (Wildman–Crippen LogP) is 0.864. The average molecular weight is 308 g/mol. The van der Waals surface area contributed by atoms with Gasteiger partial charge in [0.15, 0.2) is 9.21 Å². The van der Waals surface area contributed by atoms with E-state index in [4.69, 9.17) is 4.55 Å². The number of nitrogens with zero attached hydrogens (tertiary/aromatic N) is 2. The van der Waals surface area contributed by atoms with Gasteiger partial charge in [-0.1, -0.05) is 11.3 Å². The molecule has 2 N–H and O–H groups in total. The first kappa shape index (κ1) is 14.2. The van der Waals surface area contributed by atoms with Gasteiger partial charge in [-0.2, -0.15) is 8.42 Å². The second kappa shape index (κ2) is 5.04. The van der Waals surface area contributed by atoms with E-state index in [1.807, 2.05) is 0 Å². The molecule has 8 nitrogen and oxygen atoms in total. The molecule has 10 heteroatoms. The van der Waals surface area contributed by atoms with Crippen LogP contribution in [0.1, 0.15) is 12.8 Å². The van der Waals surface area contributed by atoms with E-state index in [1.54, 1.807) is 4.90 Å². The van der Waals surface area contributed by atoms with Gasteiger partial charge in [-0.15, -0.1) is 0 Å². The summed E-state index contributed by atoms with van der Waals surface area (Å²) in [4.78, 5) is 11.8. The maximum Gasteiger partial charge on any atom is 0.305 e.